The number of thiophene rings is 1. The number of hydrogen-bond acceptors (Lipinski definition) is 5. The summed E-state index contributed by atoms with van der Waals surface area (Å²) < 4.78 is 31.9. The summed E-state index contributed by atoms with van der Waals surface area (Å²) in [5, 5.41) is 6.59. The molecule has 8 heteroatoms. The lowest BCUT2D eigenvalue weighted by atomic mass is 9.81. The second-order valence-corrected chi connectivity index (χ2v) is 9.25. The number of hydrogen-bond donors (Lipinski definition) is 2. The zero-order valence-electron chi connectivity index (χ0n) is 17.0. The Bertz CT molecular complexity index is 983. The lowest BCUT2D eigenvalue weighted by Gasteiger charge is -2.42. The molecule has 0 fully saturated rings. The first-order valence-corrected chi connectivity index (χ1v) is 10.2. The van der Waals surface area contributed by atoms with E-state index >= 15 is 0 Å². The summed E-state index contributed by atoms with van der Waals surface area (Å²) in [6.07, 6.45) is 0.581. The van der Waals surface area contributed by atoms with Crippen molar-refractivity contribution in [2.45, 2.75) is 52.1 Å². The van der Waals surface area contributed by atoms with E-state index in [-0.39, 0.29) is 17.7 Å². The molecule has 0 spiro atoms. The summed E-state index contributed by atoms with van der Waals surface area (Å²) in [6.45, 7) is 10.0. The zero-order valence-corrected chi connectivity index (χ0v) is 17.9. The number of carbonyl (C=O) groups is 2. The minimum absolute atomic E-state index is 0.0391. The van der Waals surface area contributed by atoms with Crippen molar-refractivity contribution in [1.29, 1.82) is 0 Å². The molecule has 1 aliphatic rings. The molecule has 0 radical (unpaired) electrons. The van der Waals surface area contributed by atoms with E-state index in [1.165, 1.54) is 17.4 Å². The average Bonchev–Trinajstić information content (AvgIpc) is 2.94. The normalized spacial score (nSPS) is 16.8. The predicted octanol–water partition coefficient (Wildman–Crippen LogP) is 4.61. The minimum Gasteiger partial charge on any atom is -0.462 e. The van der Waals surface area contributed by atoms with E-state index in [2.05, 4.69) is 10.6 Å². The van der Waals surface area contributed by atoms with Gasteiger partial charge in [0.05, 0.1) is 12.2 Å². The number of amides is 1. The molecule has 0 atom stereocenters. The molecule has 0 unspecified atom stereocenters. The van der Waals surface area contributed by atoms with E-state index in [1.54, 1.807) is 6.92 Å². The Morgan fingerprint density at radius 3 is 2.52 bits per heavy atom. The van der Waals surface area contributed by atoms with Crippen LogP contribution >= 0.6 is 11.3 Å². The van der Waals surface area contributed by atoms with E-state index in [0.29, 0.717) is 17.0 Å². The number of nitrogens with one attached hydrogen (secondary N) is 2. The van der Waals surface area contributed by atoms with Gasteiger partial charge in [-0.05, 0) is 64.8 Å². The van der Waals surface area contributed by atoms with Gasteiger partial charge in [0.25, 0.3) is 5.91 Å². The molecular formula is C21H24F2N2O3S. The van der Waals surface area contributed by atoms with Crippen LogP contribution in [0.4, 0.5) is 13.8 Å². The Hall–Kier alpha value is -2.32. The van der Waals surface area contributed by atoms with Crippen LogP contribution in [0.25, 0.3) is 0 Å². The number of ether oxygens (including phenoxy) is 1. The highest BCUT2D eigenvalue weighted by molar-refractivity contribution is 7.17. The van der Waals surface area contributed by atoms with Gasteiger partial charge in [-0.15, -0.1) is 11.3 Å². The van der Waals surface area contributed by atoms with Gasteiger partial charge < -0.3 is 15.4 Å². The maximum atomic E-state index is 13.5. The zero-order chi connectivity index (χ0) is 21.6. The predicted molar refractivity (Wildman–Crippen MR) is 109 cm³/mol. The third-order valence-corrected chi connectivity index (χ3v) is 6.20. The van der Waals surface area contributed by atoms with Crippen LogP contribution in [0, 0.1) is 11.6 Å². The molecule has 29 heavy (non-hydrogen) atoms. The summed E-state index contributed by atoms with van der Waals surface area (Å²) in [5.74, 6) is -3.28. The lowest BCUT2D eigenvalue weighted by molar-refractivity contribution is 0.0525. The van der Waals surface area contributed by atoms with Crippen LogP contribution in [0.15, 0.2) is 18.2 Å². The van der Waals surface area contributed by atoms with Crippen molar-refractivity contribution in [3.63, 3.8) is 0 Å². The van der Waals surface area contributed by atoms with Gasteiger partial charge in [-0.2, -0.15) is 0 Å². The van der Waals surface area contributed by atoms with Gasteiger partial charge in [0, 0.05) is 21.5 Å². The summed E-state index contributed by atoms with van der Waals surface area (Å²) in [6, 6.07) is 2.92. The van der Waals surface area contributed by atoms with Crippen molar-refractivity contribution in [3.8, 4) is 0 Å². The fourth-order valence-electron chi connectivity index (χ4n) is 3.85. The second kappa shape index (κ2) is 7.50. The maximum Gasteiger partial charge on any atom is 0.341 e. The molecule has 156 valence electrons. The number of carbonyl (C=O) groups excluding carboxylic acids is 2. The Kier molecular flexibility index (Phi) is 5.53. The SMILES string of the molecule is CCOC(=O)c1c(NC(=O)c2ccc(F)c(F)c2)sc2c1CC(C)(C)NC2(C)C. The first-order valence-electron chi connectivity index (χ1n) is 9.34. The van der Waals surface area contributed by atoms with Crippen LogP contribution in [0.1, 0.15) is 65.8 Å². The summed E-state index contributed by atoms with van der Waals surface area (Å²) in [5.41, 5.74) is 0.435. The molecule has 1 amide bonds. The molecule has 3 rings (SSSR count). The molecule has 0 bridgehead atoms. The lowest BCUT2D eigenvalue weighted by Crippen LogP contribution is -2.55. The molecule has 5 nitrogen and oxygen atoms in total. The quantitative estimate of drug-likeness (QED) is 0.706. The molecule has 0 aliphatic carbocycles. The molecule has 0 saturated carbocycles. The molecular weight excluding hydrogens is 398 g/mol. The Balaban J connectivity index is 2.06. The summed E-state index contributed by atoms with van der Waals surface area (Å²) >= 11 is 1.29. The van der Waals surface area contributed by atoms with Crippen molar-refractivity contribution in [1.82, 2.24) is 5.32 Å². The number of rotatable bonds is 4. The Labute approximate surface area is 172 Å². The summed E-state index contributed by atoms with van der Waals surface area (Å²) in [4.78, 5) is 26.3. The van der Waals surface area contributed by atoms with Gasteiger partial charge >= 0.3 is 5.97 Å². The molecule has 1 aliphatic heterocycles. The van der Waals surface area contributed by atoms with Gasteiger partial charge in [-0.25, -0.2) is 13.6 Å². The molecule has 2 N–H and O–H groups in total. The van der Waals surface area contributed by atoms with Gasteiger partial charge in [0.15, 0.2) is 11.6 Å². The molecule has 1 aromatic heterocycles. The monoisotopic (exact) mass is 422 g/mol. The number of esters is 1. The van der Waals surface area contributed by atoms with Crippen LogP contribution in [0.2, 0.25) is 0 Å². The number of halogens is 2. The van der Waals surface area contributed by atoms with Gasteiger partial charge in [-0.3, -0.25) is 4.79 Å². The largest absolute Gasteiger partial charge is 0.462 e. The van der Waals surface area contributed by atoms with Gasteiger partial charge in [0.2, 0.25) is 0 Å². The van der Waals surface area contributed by atoms with Crippen molar-refractivity contribution in [2.75, 3.05) is 11.9 Å². The van der Waals surface area contributed by atoms with Crippen molar-refractivity contribution in [2.24, 2.45) is 0 Å². The van der Waals surface area contributed by atoms with E-state index in [4.69, 9.17) is 4.74 Å². The highest BCUT2D eigenvalue weighted by Gasteiger charge is 2.42. The topological polar surface area (TPSA) is 67.4 Å². The van der Waals surface area contributed by atoms with Crippen molar-refractivity contribution in [3.05, 3.63) is 51.4 Å². The highest BCUT2D eigenvalue weighted by atomic mass is 32.1. The third-order valence-electron chi connectivity index (χ3n) is 4.73. The first kappa shape index (κ1) is 21.4. The van der Waals surface area contributed by atoms with Crippen LogP contribution in [0.3, 0.4) is 0 Å². The first-order chi connectivity index (χ1) is 13.4. The van der Waals surface area contributed by atoms with Crippen LogP contribution < -0.4 is 10.6 Å². The molecule has 1 aromatic carbocycles. The van der Waals surface area contributed by atoms with E-state index in [0.717, 1.165) is 22.6 Å². The van der Waals surface area contributed by atoms with Gasteiger partial charge in [0.1, 0.15) is 5.00 Å². The van der Waals surface area contributed by atoms with Crippen LogP contribution in [-0.4, -0.2) is 24.0 Å². The standard InChI is InChI=1S/C21H24F2N2O3S/c1-6-28-19(27)15-12-10-20(2,3)25-21(4,5)16(12)29-18(15)24-17(26)11-7-8-13(22)14(23)9-11/h7-9,25H,6,10H2,1-5H3,(H,24,26). The minimum atomic E-state index is -1.11. The molecule has 2 heterocycles. The summed E-state index contributed by atoms with van der Waals surface area (Å²) in [7, 11) is 0. The fourth-order valence-corrected chi connectivity index (χ4v) is 5.11. The van der Waals surface area contributed by atoms with Crippen LogP contribution in [-0.2, 0) is 16.7 Å². The van der Waals surface area contributed by atoms with E-state index < -0.39 is 29.0 Å². The number of benzene rings is 1. The Morgan fingerprint density at radius 2 is 1.90 bits per heavy atom. The van der Waals surface area contributed by atoms with E-state index in [1.807, 2.05) is 27.7 Å². The van der Waals surface area contributed by atoms with E-state index in [9.17, 15) is 18.4 Å². The second-order valence-electron chi connectivity index (χ2n) is 8.23. The number of fused-ring (bicyclic) bond motifs is 1. The average molecular weight is 422 g/mol. The fraction of sp³-hybridized carbons (Fsp3) is 0.429. The maximum absolute atomic E-state index is 13.5. The van der Waals surface area contributed by atoms with Crippen LogP contribution in [0.5, 0.6) is 0 Å². The number of anilines is 1. The smallest absolute Gasteiger partial charge is 0.341 e. The molecule has 2 aromatic rings. The highest BCUT2D eigenvalue weighted by Crippen LogP contribution is 2.45. The van der Waals surface area contributed by atoms with Crippen molar-refractivity contribution >= 4 is 28.2 Å². The van der Waals surface area contributed by atoms with Crippen molar-refractivity contribution < 1.29 is 23.1 Å². The molecule has 0 saturated heterocycles. The Morgan fingerprint density at radius 1 is 1.21 bits per heavy atom. The van der Waals surface area contributed by atoms with Gasteiger partial charge in [-0.1, -0.05) is 0 Å². The third kappa shape index (κ3) is 4.18.